The Labute approximate surface area is 98.1 Å². The first-order chi connectivity index (χ1) is 7.81. The SMILES string of the molecule is CN(CC1CCCO1)C(CN)C1CCOC1. The van der Waals surface area contributed by atoms with Crippen molar-refractivity contribution in [1.82, 2.24) is 4.90 Å². The van der Waals surface area contributed by atoms with E-state index in [1.54, 1.807) is 0 Å². The van der Waals surface area contributed by atoms with Crippen LogP contribution in [0.5, 0.6) is 0 Å². The highest BCUT2D eigenvalue weighted by Gasteiger charge is 2.29. The number of rotatable bonds is 5. The molecule has 4 nitrogen and oxygen atoms in total. The average Bonchev–Trinajstić information content (AvgIpc) is 2.91. The standard InChI is InChI=1S/C12H24N2O2/c1-14(8-11-3-2-5-16-11)12(7-13)10-4-6-15-9-10/h10-12H,2-9,13H2,1H3. The van der Waals surface area contributed by atoms with E-state index < -0.39 is 0 Å². The second kappa shape index (κ2) is 5.96. The Balaban J connectivity index is 1.81. The van der Waals surface area contributed by atoms with E-state index in [-0.39, 0.29) is 0 Å². The second-order valence-corrected chi connectivity index (χ2v) is 5.00. The highest BCUT2D eigenvalue weighted by Crippen LogP contribution is 2.21. The zero-order valence-electron chi connectivity index (χ0n) is 10.2. The lowest BCUT2D eigenvalue weighted by Crippen LogP contribution is -2.46. The molecule has 0 amide bonds. The average molecular weight is 228 g/mol. The van der Waals surface area contributed by atoms with Crippen LogP contribution >= 0.6 is 0 Å². The van der Waals surface area contributed by atoms with Gasteiger partial charge in [0.05, 0.1) is 12.7 Å². The van der Waals surface area contributed by atoms with E-state index >= 15 is 0 Å². The molecule has 0 radical (unpaired) electrons. The third kappa shape index (κ3) is 2.94. The van der Waals surface area contributed by atoms with Crippen molar-refractivity contribution in [3.05, 3.63) is 0 Å². The van der Waals surface area contributed by atoms with Crippen molar-refractivity contribution < 1.29 is 9.47 Å². The Morgan fingerprint density at radius 1 is 1.38 bits per heavy atom. The number of hydrogen-bond donors (Lipinski definition) is 1. The van der Waals surface area contributed by atoms with E-state index in [4.69, 9.17) is 15.2 Å². The molecular weight excluding hydrogens is 204 g/mol. The first kappa shape index (κ1) is 12.3. The van der Waals surface area contributed by atoms with Gasteiger partial charge in [-0.3, -0.25) is 4.90 Å². The van der Waals surface area contributed by atoms with Gasteiger partial charge >= 0.3 is 0 Å². The zero-order valence-corrected chi connectivity index (χ0v) is 10.2. The molecule has 3 atom stereocenters. The van der Waals surface area contributed by atoms with Crippen molar-refractivity contribution in [3.63, 3.8) is 0 Å². The van der Waals surface area contributed by atoms with Crippen LogP contribution in [0.1, 0.15) is 19.3 Å². The van der Waals surface area contributed by atoms with Crippen LogP contribution in [-0.2, 0) is 9.47 Å². The maximum absolute atomic E-state index is 5.89. The monoisotopic (exact) mass is 228 g/mol. The Bertz CT molecular complexity index is 201. The summed E-state index contributed by atoms with van der Waals surface area (Å²) in [4.78, 5) is 2.37. The van der Waals surface area contributed by atoms with Gasteiger partial charge < -0.3 is 15.2 Å². The van der Waals surface area contributed by atoms with E-state index in [1.165, 1.54) is 12.8 Å². The summed E-state index contributed by atoms with van der Waals surface area (Å²) in [5.41, 5.74) is 5.89. The Hall–Kier alpha value is -0.160. The Morgan fingerprint density at radius 2 is 2.25 bits per heavy atom. The highest BCUT2D eigenvalue weighted by molar-refractivity contribution is 4.83. The van der Waals surface area contributed by atoms with Gasteiger partial charge in [-0.2, -0.15) is 0 Å². The molecule has 0 aromatic carbocycles. The molecule has 16 heavy (non-hydrogen) atoms. The zero-order chi connectivity index (χ0) is 11.4. The normalized spacial score (nSPS) is 32.4. The van der Waals surface area contributed by atoms with Gasteiger partial charge in [-0.15, -0.1) is 0 Å². The van der Waals surface area contributed by atoms with Gasteiger partial charge in [0.15, 0.2) is 0 Å². The predicted octanol–water partition coefficient (Wildman–Crippen LogP) is 0.461. The van der Waals surface area contributed by atoms with Crippen molar-refractivity contribution in [2.75, 3.05) is 40.0 Å². The van der Waals surface area contributed by atoms with Gasteiger partial charge in [-0.05, 0) is 26.3 Å². The summed E-state index contributed by atoms with van der Waals surface area (Å²) >= 11 is 0. The van der Waals surface area contributed by atoms with Gasteiger partial charge in [0.1, 0.15) is 0 Å². The minimum absolute atomic E-state index is 0.418. The van der Waals surface area contributed by atoms with E-state index in [2.05, 4.69) is 11.9 Å². The van der Waals surface area contributed by atoms with Gasteiger partial charge in [0.25, 0.3) is 0 Å². The van der Waals surface area contributed by atoms with E-state index in [9.17, 15) is 0 Å². The number of nitrogens with two attached hydrogens (primary N) is 1. The van der Waals surface area contributed by atoms with Crippen molar-refractivity contribution in [2.24, 2.45) is 11.7 Å². The fourth-order valence-corrected chi connectivity index (χ4v) is 2.83. The van der Waals surface area contributed by atoms with Crippen LogP contribution in [0, 0.1) is 5.92 Å². The van der Waals surface area contributed by atoms with Crippen molar-refractivity contribution >= 4 is 0 Å². The Kier molecular flexibility index (Phi) is 4.58. The van der Waals surface area contributed by atoms with Crippen LogP contribution in [0.2, 0.25) is 0 Å². The first-order valence-electron chi connectivity index (χ1n) is 6.41. The minimum atomic E-state index is 0.418. The summed E-state index contributed by atoms with van der Waals surface area (Å²) < 4.78 is 11.1. The molecule has 94 valence electrons. The van der Waals surface area contributed by atoms with Crippen LogP contribution < -0.4 is 5.73 Å². The van der Waals surface area contributed by atoms with Crippen molar-refractivity contribution in [1.29, 1.82) is 0 Å². The van der Waals surface area contributed by atoms with E-state index in [0.717, 1.165) is 39.3 Å². The quantitative estimate of drug-likeness (QED) is 0.743. The van der Waals surface area contributed by atoms with Crippen LogP contribution in [0.15, 0.2) is 0 Å². The Morgan fingerprint density at radius 3 is 2.81 bits per heavy atom. The lowest BCUT2D eigenvalue weighted by atomic mass is 9.97. The molecule has 2 saturated heterocycles. The summed E-state index contributed by atoms with van der Waals surface area (Å²) in [5, 5.41) is 0. The maximum atomic E-state index is 5.89. The molecule has 2 heterocycles. The molecule has 0 spiro atoms. The second-order valence-electron chi connectivity index (χ2n) is 5.00. The lowest BCUT2D eigenvalue weighted by molar-refractivity contribution is 0.0555. The largest absolute Gasteiger partial charge is 0.381 e. The third-order valence-electron chi connectivity index (χ3n) is 3.83. The van der Waals surface area contributed by atoms with Crippen LogP contribution in [-0.4, -0.2) is 57.0 Å². The summed E-state index contributed by atoms with van der Waals surface area (Å²) in [7, 11) is 2.16. The number of likely N-dealkylation sites (N-methyl/N-ethyl adjacent to an activating group) is 1. The smallest absolute Gasteiger partial charge is 0.0702 e. The summed E-state index contributed by atoms with van der Waals surface area (Å²) in [5.74, 6) is 0.608. The van der Waals surface area contributed by atoms with Crippen molar-refractivity contribution in [2.45, 2.75) is 31.4 Å². The fraction of sp³-hybridized carbons (Fsp3) is 1.00. The van der Waals surface area contributed by atoms with E-state index in [0.29, 0.717) is 18.1 Å². The molecule has 0 bridgehead atoms. The molecule has 2 aliphatic heterocycles. The molecular formula is C12H24N2O2. The predicted molar refractivity (Wildman–Crippen MR) is 63.4 cm³/mol. The summed E-state index contributed by atoms with van der Waals surface area (Å²) in [6.45, 7) is 4.43. The maximum Gasteiger partial charge on any atom is 0.0702 e. The topological polar surface area (TPSA) is 47.7 Å². The molecule has 2 fully saturated rings. The molecule has 0 aromatic heterocycles. The highest BCUT2D eigenvalue weighted by atomic mass is 16.5. The van der Waals surface area contributed by atoms with Gasteiger partial charge in [0, 0.05) is 38.3 Å². The van der Waals surface area contributed by atoms with E-state index in [1.807, 2.05) is 0 Å². The number of hydrogen-bond acceptors (Lipinski definition) is 4. The van der Waals surface area contributed by atoms with Gasteiger partial charge in [0.2, 0.25) is 0 Å². The molecule has 4 heteroatoms. The van der Waals surface area contributed by atoms with Crippen LogP contribution in [0.25, 0.3) is 0 Å². The lowest BCUT2D eigenvalue weighted by Gasteiger charge is -2.32. The van der Waals surface area contributed by atoms with Crippen LogP contribution in [0.3, 0.4) is 0 Å². The van der Waals surface area contributed by atoms with Crippen molar-refractivity contribution in [3.8, 4) is 0 Å². The molecule has 3 unspecified atom stereocenters. The fourth-order valence-electron chi connectivity index (χ4n) is 2.83. The van der Waals surface area contributed by atoms with Crippen LogP contribution in [0.4, 0.5) is 0 Å². The number of nitrogens with zero attached hydrogens (tertiary/aromatic N) is 1. The van der Waals surface area contributed by atoms with Gasteiger partial charge in [-0.25, -0.2) is 0 Å². The molecule has 2 aliphatic rings. The third-order valence-corrected chi connectivity index (χ3v) is 3.83. The first-order valence-corrected chi connectivity index (χ1v) is 6.41. The molecule has 2 rings (SSSR count). The molecule has 0 aromatic rings. The summed E-state index contributed by atoms with van der Waals surface area (Å²) in [6.07, 6.45) is 3.97. The molecule has 0 aliphatic carbocycles. The molecule has 0 saturated carbocycles. The summed E-state index contributed by atoms with van der Waals surface area (Å²) in [6, 6.07) is 0.451. The minimum Gasteiger partial charge on any atom is -0.381 e. The number of ether oxygens (including phenoxy) is 2. The molecule has 2 N–H and O–H groups in total. The van der Waals surface area contributed by atoms with Gasteiger partial charge in [-0.1, -0.05) is 0 Å².